The Morgan fingerprint density at radius 1 is 1.31 bits per heavy atom. The molecule has 3 heterocycles. The second-order valence-corrected chi connectivity index (χ2v) is 4.10. The molecule has 3 rings (SSSR count). The van der Waals surface area contributed by atoms with Crippen molar-refractivity contribution in [1.82, 2.24) is 15.0 Å². The molecule has 5 heteroatoms. The van der Waals surface area contributed by atoms with Crippen molar-refractivity contribution in [3.8, 4) is 0 Å². The quantitative estimate of drug-likeness (QED) is 0.798. The number of halogens is 1. The van der Waals surface area contributed by atoms with E-state index in [-0.39, 0.29) is 0 Å². The summed E-state index contributed by atoms with van der Waals surface area (Å²) in [6.45, 7) is 1.47. The van der Waals surface area contributed by atoms with Crippen LogP contribution >= 0.6 is 0 Å². The molecule has 0 radical (unpaired) electrons. The van der Waals surface area contributed by atoms with Gasteiger partial charge in [0.05, 0.1) is 5.39 Å². The molecule has 1 aliphatic heterocycles. The number of hydrogen-bond donors (Lipinski definition) is 1. The first kappa shape index (κ1) is 9.57. The van der Waals surface area contributed by atoms with Gasteiger partial charge in [-0.25, -0.2) is 14.4 Å². The largest absolute Gasteiger partial charge is 0.356 e. The number of H-pyrrole nitrogens is 1. The lowest BCUT2D eigenvalue weighted by Crippen LogP contribution is -2.35. The van der Waals surface area contributed by atoms with Gasteiger partial charge in [-0.2, -0.15) is 0 Å². The predicted molar refractivity (Wildman–Crippen MR) is 60.2 cm³/mol. The van der Waals surface area contributed by atoms with Gasteiger partial charge in [-0.3, -0.25) is 0 Å². The number of hydrogen-bond acceptors (Lipinski definition) is 3. The van der Waals surface area contributed by atoms with E-state index < -0.39 is 6.17 Å². The van der Waals surface area contributed by atoms with Crippen LogP contribution in [0.5, 0.6) is 0 Å². The Morgan fingerprint density at radius 2 is 2.12 bits per heavy atom. The number of rotatable bonds is 1. The molecule has 4 nitrogen and oxygen atoms in total. The van der Waals surface area contributed by atoms with Crippen molar-refractivity contribution in [3.63, 3.8) is 0 Å². The van der Waals surface area contributed by atoms with Crippen molar-refractivity contribution >= 4 is 16.9 Å². The highest BCUT2D eigenvalue weighted by molar-refractivity contribution is 5.87. The molecule has 1 N–H and O–H groups in total. The van der Waals surface area contributed by atoms with Crippen LogP contribution in [-0.4, -0.2) is 34.2 Å². The Balaban J connectivity index is 1.96. The molecule has 0 bridgehead atoms. The van der Waals surface area contributed by atoms with Crippen LogP contribution in [0.3, 0.4) is 0 Å². The molecular weight excluding hydrogens is 207 g/mol. The molecule has 2 aromatic rings. The van der Waals surface area contributed by atoms with Gasteiger partial charge in [0.2, 0.25) is 0 Å². The molecule has 1 saturated heterocycles. The summed E-state index contributed by atoms with van der Waals surface area (Å²) >= 11 is 0. The van der Waals surface area contributed by atoms with E-state index in [1.807, 2.05) is 12.3 Å². The number of aromatic amines is 1. The molecule has 0 aliphatic carbocycles. The molecule has 1 fully saturated rings. The zero-order chi connectivity index (χ0) is 11.0. The highest BCUT2D eigenvalue weighted by Crippen LogP contribution is 2.25. The minimum atomic E-state index is -0.653. The van der Waals surface area contributed by atoms with Crippen molar-refractivity contribution in [2.24, 2.45) is 0 Å². The van der Waals surface area contributed by atoms with Crippen LogP contribution in [0.2, 0.25) is 0 Å². The van der Waals surface area contributed by atoms with E-state index >= 15 is 0 Å². The van der Waals surface area contributed by atoms with Crippen molar-refractivity contribution < 1.29 is 4.39 Å². The van der Waals surface area contributed by atoms with Gasteiger partial charge in [-0.1, -0.05) is 0 Å². The van der Waals surface area contributed by atoms with E-state index in [2.05, 4.69) is 19.9 Å². The van der Waals surface area contributed by atoms with Crippen LogP contribution in [0.4, 0.5) is 10.2 Å². The third kappa shape index (κ3) is 1.52. The smallest absolute Gasteiger partial charge is 0.142 e. The van der Waals surface area contributed by atoms with E-state index in [0.29, 0.717) is 12.8 Å². The Labute approximate surface area is 92.5 Å². The average molecular weight is 220 g/mol. The summed E-state index contributed by atoms with van der Waals surface area (Å²) in [5.41, 5.74) is 0.840. The van der Waals surface area contributed by atoms with Crippen molar-refractivity contribution in [2.75, 3.05) is 18.0 Å². The van der Waals surface area contributed by atoms with E-state index in [1.165, 1.54) is 0 Å². The molecule has 0 unspecified atom stereocenters. The number of nitrogens with zero attached hydrogens (tertiary/aromatic N) is 3. The summed E-state index contributed by atoms with van der Waals surface area (Å²) in [7, 11) is 0. The third-order valence-corrected chi connectivity index (χ3v) is 3.06. The van der Waals surface area contributed by atoms with E-state index in [9.17, 15) is 4.39 Å². The van der Waals surface area contributed by atoms with Gasteiger partial charge in [0.25, 0.3) is 0 Å². The Morgan fingerprint density at radius 3 is 2.94 bits per heavy atom. The summed E-state index contributed by atoms with van der Waals surface area (Å²) in [5.74, 6) is 0.915. The van der Waals surface area contributed by atoms with Crippen LogP contribution in [0, 0.1) is 0 Å². The Kier molecular flexibility index (Phi) is 2.23. The molecule has 16 heavy (non-hydrogen) atoms. The SMILES string of the molecule is FC1CCN(c2ncnc3[nH]ccc23)CC1. The number of piperidine rings is 1. The first-order chi connectivity index (χ1) is 7.84. The fourth-order valence-corrected chi connectivity index (χ4v) is 2.17. The average Bonchev–Trinajstić information content (AvgIpc) is 2.78. The maximum atomic E-state index is 13.1. The van der Waals surface area contributed by atoms with Crippen LogP contribution < -0.4 is 4.90 Å². The van der Waals surface area contributed by atoms with Crippen molar-refractivity contribution in [1.29, 1.82) is 0 Å². The van der Waals surface area contributed by atoms with Gasteiger partial charge in [-0.15, -0.1) is 0 Å². The van der Waals surface area contributed by atoms with Gasteiger partial charge in [0.1, 0.15) is 24.0 Å². The van der Waals surface area contributed by atoms with Gasteiger partial charge in [0, 0.05) is 19.3 Å². The molecule has 0 amide bonds. The zero-order valence-corrected chi connectivity index (χ0v) is 8.86. The van der Waals surface area contributed by atoms with Crippen LogP contribution in [0.25, 0.3) is 11.0 Å². The lowest BCUT2D eigenvalue weighted by molar-refractivity contribution is 0.277. The zero-order valence-electron chi connectivity index (χ0n) is 8.86. The summed E-state index contributed by atoms with van der Waals surface area (Å²) in [6.07, 6.45) is 3.94. The third-order valence-electron chi connectivity index (χ3n) is 3.06. The maximum Gasteiger partial charge on any atom is 0.142 e. The Bertz CT molecular complexity index is 487. The van der Waals surface area contributed by atoms with Crippen molar-refractivity contribution in [3.05, 3.63) is 18.6 Å². The molecule has 0 saturated carbocycles. The normalized spacial score (nSPS) is 18.2. The molecular formula is C11H13FN4. The summed E-state index contributed by atoms with van der Waals surface area (Å²) < 4.78 is 13.1. The lowest BCUT2D eigenvalue weighted by Gasteiger charge is -2.29. The highest BCUT2D eigenvalue weighted by Gasteiger charge is 2.21. The monoisotopic (exact) mass is 220 g/mol. The first-order valence-corrected chi connectivity index (χ1v) is 5.52. The lowest BCUT2D eigenvalue weighted by atomic mass is 10.1. The summed E-state index contributed by atoms with van der Waals surface area (Å²) in [6, 6.07) is 1.96. The van der Waals surface area contributed by atoms with Gasteiger partial charge in [0.15, 0.2) is 0 Å². The molecule has 0 aromatic carbocycles. The predicted octanol–water partition coefficient (Wildman–Crippen LogP) is 1.90. The standard InChI is InChI=1S/C11H13FN4/c12-8-2-5-16(6-3-8)11-9-1-4-13-10(9)14-7-15-11/h1,4,7-8H,2-3,5-6H2,(H,13,14,15). The molecule has 0 spiro atoms. The van der Waals surface area contributed by atoms with E-state index in [0.717, 1.165) is 29.9 Å². The fraction of sp³-hybridized carbons (Fsp3) is 0.455. The highest BCUT2D eigenvalue weighted by atomic mass is 19.1. The molecule has 84 valence electrons. The Hall–Kier alpha value is -1.65. The summed E-state index contributed by atoms with van der Waals surface area (Å²) in [5, 5.41) is 1.01. The molecule has 0 atom stereocenters. The van der Waals surface area contributed by atoms with Gasteiger partial charge >= 0.3 is 0 Å². The number of fused-ring (bicyclic) bond motifs is 1. The maximum absolute atomic E-state index is 13.1. The molecule has 1 aliphatic rings. The number of aromatic nitrogens is 3. The molecule has 2 aromatic heterocycles. The van der Waals surface area contributed by atoms with Crippen LogP contribution in [0.15, 0.2) is 18.6 Å². The topological polar surface area (TPSA) is 44.8 Å². The van der Waals surface area contributed by atoms with Crippen LogP contribution in [0.1, 0.15) is 12.8 Å². The number of anilines is 1. The number of alkyl halides is 1. The fourth-order valence-electron chi connectivity index (χ4n) is 2.17. The minimum Gasteiger partial charge on any atom is -0.356 e. The van der Waals surface area contributed by atoms with Gasteiger partial charge in [-0.05, 0) is 18.9 Å². The van der Waals surface area contributed by atoms with Gasteiger partial charge < -0.3 is 9.88 Å². The number of nitrogens with one attached hydrogen (secondary N) is 1. The van der Waals surface area contributed by atoms with E-state index in [4.69, 9.17) is 0 Å². The van der Waals surface area contributed by atoms with Crippen LogP contribution in [-0.2, 0) is 0 Å². The second kappa shape index (κ2) is 3.73. The summed E-state index contributed by atoms with van der Waals surface area (Å²) in [4.78, 5) is 13.6. The first-order valence-electron chi connectivity index (χ1n) is 5.52. The minimum absolute atomic E-state index is 0.593. The second-order valence-electron chi connectivity index (χ2n) is 4.10. The van der Waals surface area contributed by atoms with E-state index in [1.54, 1.807) is 6.33 Å². The van der Waals surface area contributed by atoms with Crippen molar-refractivity contribution in [2.45, 2.75) is 19.0 Å².